The number of aromatic amines is 1. The van der Waals surface area contributed by atoms with Gasteiger partial charge in [0.15, 0.2) is 11.4 Å². The first-order valence-electron chi connectivity index (χ1n) is 13.8. The number of carbonyl (C=O) groups is 2. The van der Waals surface area contributed by atoms with Crippen LogP contribution in [-0.2, 0) is 5.60 Å². The Bertz CT molecular complexity index is 1560. The van der Waals surface area contributed by atoms with Gasteiger partial charge in [-0.15, -0.1) is 10.2 Å². The fraction of sp³-hybridized carbons (Fsp3) is 0.464. The first-order chi connectivity index (χ1) is 19.3. The average Bonchev–Trinajstić information content (AvgIpc) is 3.70. The van der Waals surface area contributed by atoms with E-state index < -0.39 is 5.60 Å². The number of Topliss-reactive ketones (excluding diaryl/α,β-unsaturated/α-hetero) is 1. The minimum atomic E-state index is -0.977. The van der Waals surface area contributed by atoms with E-state index in [9.17, 15) is 14.7 Å². The Hall–Kier alpha value is -4.19. The zero-order valence-electron chi connectivity index (χ0n) is 22.8. The lowest BCUT2D eigenvalue weighted by atomic mass is 9.85. The molecule has 0 saturated carbocycles. The number of H-pyrrole nitrogens is 1. The zero-order valence-corrected chi connectivity index (χ0v) is 22.8. The summed E-state index contributed by atoms with van der Waals surface area (Å²) in [4.78, 5) is 40.3. The summed E-state index contributed by atoms with van der Waals surface area (Å²) < 4.78 is 1.51. The Morgan fingerprint density at radius 3 is 2.45 bits per heavy atom. The molecule has 0 aliphatic carbocycles. The lowest BCUT2D eigenvalue weighted by Gasteiger charge is -2.38. The van der Waals surface area contributed by atoms with Gasteiger partial charge in [0.2, 0.25) is 5.82 Å². The van der Waals surface area contributed by atoms with Crippen molar-refractivity contribution in [3.05, 3.63) is 53.6 Å². The molecule has 4 aromatic heterocycles. The number of aromatic nitrogens is 7. The number of ketones is 1. The summed E-state index contributed by atoms with van der Waals surface area (Å²) in [5, 5.41) is 23.0. The standard InChI is InChI=1S/C28H33N9O3/c1-4-28(40,5-2)21-9-6-16(12-30-21)20-13-33-37-24(29)22(15(3)38)23(34-26(20)37)17-10-18-7-8-19(11-17)36(18)27(39)25-31-14-32-35-25/h6,9,12-14,17-19,40H,4-5,7-8,10-11,29H2,1-3H3,(H,31,32,35)/t17-,18+,19-. The monoisotopic (exact) mass is 543 g/mol. The molecule has 2 aliphatic heterocycles. The molecule has 4 aromatic rings. The van der Waals surface area contributed by atoms with Crippen LogP contribution >= 0.6 is 0 Å². The predicted molar refractivity (Wildman–Crippen MR) is 146 cm³/mol. The van der Waals surface area contributed by atoms with Crippen LogP contribution in [0, 0.1) is 0 Å². The highest BCUT2D eigenvalue weighted by Crippen LogP contribution is 2.45. The number of fused-ring (bicyclic) bond motifs is 3. The predicted octanol–water partition coefficient (Wildman–Crippen LogP) is 3.25. The Balaban J connectivity index is 1.38. The smallest absolute Gasteiger partial charge is 0.292 e. The molecule has 3 atom stereocenters. The number of nitrogens with two attached hydrogens (primary N) is 1. The summed E-state index contributed by atoms with van der Waals surface area (Å²) in [6.45, 7) is 5.37. The molecule has 6 heterocycles. The second-order valence-electron chi connectivity index (χ2n) is 10.9. The normalized spacial score (nSPS) is 20.8. The van der Waals surface area contributed by atoms with Crippen molar-refractivity contribution in [1.29, 1.82) is 0 Å². The van der Waals surface area contributed by atoms with E-state index in [-0.39, 0.29) is 41.3 Å². The second-order valence-corrected chi connectivity index (χ2v) is 10.9. The van der Waals surface area contributed by atoms with Gasteiger partial charge in [-0.2, -0.15) is 9.61 Å². The molecule has 0 spiro atoms. The van der Waals surface area contributed by atoms with Crippen molar-refractivity contribution < 1.29 is 14.7 Å². The fourth-order valence-electron chi connectivity index (χ4n) is 6.50. The van der Waals surface area contributed by atoms with Crippen molar-refractivity contribution in [2.24, 2.45) is 0 Å². The molecule has 12 heteroatoms. The molecule has 0 aromatic carbocycles. The molecule has 0 radical (unpaired) electrons. The Morgan fingerprint density at radius 1 is 1.15 bits per heavy atom. The van der Waals surface area contributed by atoms with E-state index in [2.05, 4.69) is 25.3 Å². The van der Waals surface area contributed by atoms with Gasteiger partial charge >= 0.3 is 0 Å². The highest BCUT2D eigenvalue weighted by molar-refractivity contribution is 6.00. The number of nitrogens with zero attached hydrogens (tertiary/aromatic N) is 7. The van der Waals surface area contributed by atoms with Crippen LogP contribution in [0.1, 0.15) is 97.6 Å². The van der Waals surface area contributed by atoms with Crippen LogP contribution in [0.2, 0.25) is 0 Å². The van der Waals surface area contributed by atoms with Crippen LogP contribution in [0.25, 0.3) is 16.8 Å². The number of aliphatic hydroxyl groups is 1. The number of rotatable bonds is 7. The van der Waals surface area contributed by atoms with Gasteiger partial charge in [-0.3, -0.25) is 14.6 Å². The van der Waals surface area contributed by atoms with Crippen LogP contribution in [0.3, 0.4) is 0 Å². The number of nitrogen functional groups attached to an aromatic ring is 1. The molecule has 208 valence electrons. The molecule has 2 aliphatic rings. The first kappa shape index (κ1) is 26.1. The maximum Gasteiger partial charge on any atom is 0.292 e. The summed E-state index contributed by atoms with van der Waals surface area (Å²) in [7, 11) is 0. The lowest BCUT2D eigenvalue weighted by Crippen LogP contribution is -2.46. The van der Waals surface area contributed by atoms with Crippen molar-refractivity contribution in [3.8, 4) is 11.1 Å². The molecule has 2 fully saturated rings. The summed E-state index contributed by atoms with van der Waals surface area (Å²) >= 11 is 0. The minimum absolute atomic E-state index is 0.0115. The van der Waals surface area contributed by atoms with Crippen molar-refractivity contribution in [1.82, 2.24) is 39.7 Å². The van der Waals surface area contributed by atoms with Crippen molar-refractivity contribution >= 4 is 23.2 Å². The average molecular weight is 544 g/mol. The van der Waals surface area contributed by atoms with Crippen molar-refractivity contribution in [2.75, 3.05) is 5.73 Å². The molecule has 4 N–H and O–H groups in total. The van der Waals surface area contributed by atoms with Gasteiger partial charge in [0.25, 0.3) is 5.91 Å². The molecule has 2 bridgehead atoms. The van der Waals surface area contributed by atoms with E-state index in [1.54, 1.807) is 12.4 Å². The third-order valence-corrected chi connectivity index (χ3v) is 8.76. The van der Waals surface area contributed by atoms with Gasteiger partial charge in [-0.05, 0) is 51.5 Å². The summed E-state index contributed by atoms with van der Waals surface area (Å²) in [6.07, 6.45) is 9.03. The summed E-state index contributed by atoms with van der Waals surface area (Å²) in [5.74, 6) is 0.126. The molecule has 6 rings (SSSR count). The number of carbonyl (C=O) groups excluding carboxylic acids is 2. The quantitative estimate of drug-likeness (QED) is 0.296. The fourth-order valence-corrected chi connectivity index (χ4v) is 6.50. The van der Waals surface area contributed by atoms with Crippen LogP contribution in [0.5, 0.6) is 0 Å². The largest absolute Gasteiger partial charge is 0.384 e. The minimum Gasteiger partial charge on any atom is -0.384 e. The van der Waals surface area contributed by atoms with Crippen LogP contribution in [0.15, 0.2) is 30.9 Å². The highest BCUT2D eigenvalue weighted by atomic mass is 16.3. The topological polar surface area (TPSA) is 168 Å². The molecule has 12 nitrogen and oxygen atoms in total. The number of anilines is 1. The molecule has 2 saturated heterocycles. The van der Waals surface area contributed by atoms with Gasteiger partial charge in [-0.25, -0.2) is 4.98 Å². The van der Waals surface area contributed by atoms with E-state index in [0.29, 0.717) is 48.3 Å². The highest BCUT2D eigenvalue weighted by Gasteiger charge is 2.45. The van der Waals surface area contributed by atoms with Gasteiger partial charge in [0.05, 0.1) is 23.1 Å². The third-order valence-electron chi connectivity index (χ3n) is 8.76. The Kier molecular flexibility index (Phi) is 6.37. The zero-order chi connectivity index (χ0) is 28.2. The van der Waals surface area contributed by atoms with E-state index >= 15 is 0 Å². The van der Waals surface area contributed by atoms with Gasteiger partial charge in [-0.1, -0.05) is 19.9 Å². The number of amides is 1. The molecular formula is C28H33N9O3. The van der Waals surface area contributed by atoms with Crippen LogP contribution < -0.4 is 5.73 Å². The van der Waals surface area contributed by atoms with Crippen molar-refractivity contribution in [3.63, 3.8) is 0 Å². The summed E-state index contributed by atoms with van der Waals surface area (Å²) in [5.41, 5.74) is 9.30. The van der Waals surface area contributed by atoms with E-state index in [0.717, 1.165) is 24.0 Å². The van der Waals surface area contributed by atoms with Gasteiger partial charge in [0.1, 0.15) is 17.7 Å². The van der Waals surface area contributed by atoms with E-state index in [1.807, 2.05) is 30.9 Å². The Morgan fingerprint density at radius 2 is 1.88 bits per heavy atom. The molecule has 0 unspecified atom stereocenters. The number of hydrogen-bond acceptors (Lipinski definition) is 9. The third kappa shape index (κ3) is 4.05. The number of piperidine rings is 1. The van der Waals surface area contributed by atoms with Crippen molar-refractivity contribution in [2.45, 2.75) is 82.9 Å². The number of hydrogen-bond donors (Lipinski definition) is 3. The van der Waals surface area contributed by atoms with Crippen LogP contribution in [0.4, 0.5) is 5.82 Å². The number of nitrogens with one attached hydrogen (secondary N) is 1. The molecular weight excluding hydrogens is 510 g/mol. The van der Waals surface area contributed by atoms with Gasteiger partial charge < -0.3 is 20.7 Å². The SMILES string of the molecule is CCC(O)(CC)c1ccc(-c2cnn3c(N)c(C(C)=O)c([C@H]4C[C@H]5CC[C@@H](C4)N5C(=O)c4nnc[nH]4)nc23)cn1. The lowest BCUT2D eigenvalue weighted by molar-refractivity contribution is 0.0240. The number of pyridine rings is 1. The van der Waals surface area contributed by atoms with E-state index in [1.165, 1.54) is 17.8 Å². The maximum atomic E-state index is 13.1. The Labute approximate surface area is 231 Å². The second kappa shape index (κ2) is 9.77. The van der Waals surface area contributed by atoms with Crippen LogP contribution in [-0.4, -0.2) is 68.5 Å². The summed E-state index contributed by atoms with van der Waals surface area (Å²) in [6, 6.07) is 3.76. The van der Waals surface area contributed by atoms with Gasteiger partial charge in [0, 0.05) is 35.3 Å². The maximum absolute atomic E-state index is 13.1. The molecule has 40 heavy (non-hydrogen) atoms. The first-order valence-corrected chi connectivity index (χ1v) is 13.8. The molecule has 1 amide bonds. The van der Waals surface area contributed by atoms with E-state index in [4.69, 9.17) is 10.7 Å².